The molecule has 2 aliphatic carbocycles. The van der Waals surface area contributed by atoms with Gasteiger partial charge in [-0.3, -0.25) is 0 Å². The molecule has 0 radical (unpaired) electrons. The highest BCUT2D eigenvalue weighted by Gasteiger charge is 2.70. The van der Waals surface area contributed by atoms with Gasteiger partial charge in [-0.25, -0.2) is 0 Å². The van der Waals surface area contributed by atoms with Gasteiger partial charge in [0.05, 0.1) is 11.2 Å². The lowest BCUT2D eigenvalue weighted by Gasteiger charge is -2.33. The highest BCUT2D eigenvalue weighted by molar-refractivity contribution is 6.50. The van der Waals surface area contributed by atoms with E-state index in [0.29, 0.717) is 0 Å². The predicted octanol–water partition coefficient (Wildman–Crippen LogP) is 3.67. The molecule has 1 heterocycles. The molecule has 3 nitrogen and oxygen atoms in total. The summed E-state index contributed by atoms with van der Waals surface area (Å²) < 4.78 is 12.8. The van der Waals surface area contributed by atoms with E-state index in [2.05, 4.69) is 58.0 Å². The molecule has 4 rings (SSSR count). The van der Waals surface area contributed by atoms with Crippen LogP contribution in [0.15, 0.2) is 30.3 Å². The molecule has 4 heteroatoms. The first kappa shape index (κ1) is 15.7. The van der Waals surface area contributed by atoms with Crippen LogP contribution in [0.3, 0.4) is 0 Å². The molecule has 2 N–H and O–H groups in total. The molecule has 0 spiro atoms. The van der Waals surface area contributed by atoms with Crippen LogP contribution in [0.2, 0.25) is 5.31 Å². The fourth-order valence-corrected chi connectivity index (χ4v) is 5.03. The second-order valence-electron chi connectivity index (χ2n) is 8.82. The summed E-state index contributed by atoms with van der Waals surface area (Å²) in [6, 6.07) is 10.9. The van der Waals surface area contributed by atoms with Crippen molar-refractivity contribution < 1.29 is 9.31 Å². The van der Waals surface area contributed by atoms with Crippen molar-refractivity contribution in [3.05, 3.63) is 35.9 Å². The second kappa shape index (κ2) is 4.62. The highest BCUT2D eigenvalue weighted by atomic mass is 16.7. The Hall–Kier alpha value is -0.835. The molecule has 23 heavy (non-hydrogen) atoms. The number of nitrogens with two attached hydrogens (primary N) is 1. The van der Waals surface area contributed by atoms with Crippen LogP contribution in [0.25, 0.3) is 0 Å². The van der Waals surface area contributed by atoms with Crippen molar-refractivity contribution in [3.63, 3.8) is 0 Å². The number of rotatable bonds is 2. The van der Waals surface area contributed by atoms with E-state index < -0.39 is 0 Å². The van der Waals surface area contributed by atoms with Gasteiger partial charge in [-0.2, -0.15) is 0 Å². The van der Waals surface area contributed by atoms with E-state index in [1.165, 1.54) is 5.56 Å². The third-order valence-corrected chi connectivity index (χ3v) is 7.36. The molecule has 3 fully saturated rings. The van der Waals surface area contributed by atoms with Crippen molar-refractivity contribution in [2.45, 2.75) is 81.4 Å². The predicted molar refractivity (Wildman–Crippen MR) is 93.3 cm³/mol. The van der Waals surface area contributed by atoms with Crippen molar-refractivity contribution in [2.75, 3.05) is 0 Å². The van der Waals surface area contributed by atoms with E-state index in [1.807, 2.05) is 0 Å². The smallest absolute Gasteiger partial charge is 0.403 e. The summed E-state index contributed by atoms with van der Waals surface area (Å²) in [6.45, 7) is 8.51. The Labute approximate surface area is 140 Å². The van der Waals surface area contributed by atoms with E-state index in [-0.39, 0.29) is 35.1 Å². The zero-order valence-electron chi connectivity index (χ0n) is 14.8. The topological polar surface area (TPSA) is 44.5 Å². The molecular formula is C19H28BNO2. The van der Waals surface area contributed by atoms with E-state index in [9.17, 15) is 0 Å². The number of fused-ring (bicyclic) bond motifs is 2. The summed E-state index contributed by atoms with van der Waals surface area (Å²) in [5.74, 6) is 0. The molecule has 1 aromatic carbocycles. The van der Waals surface area contributed by atoms with Gasteiger partial charge in [-0.15, -0.1) is 0 Å². The fourth-order valence-electron chi connectivity index (χ4n) is 5.03. The van der Waals surface area contributed by atoms with Gasteiger partial charge in [0.2, 0.25) is 0 Å². The average Bonchev–Trinajstić information content (AvgIpc) is 3.05. The summed E-state index contributed by atoms with van der Waals surface area (Å²) in [5.41, 5.74) is 7.81. The zero-order chi connectivity index (χ0) is 16.5. The normalized spacial score (nSPS) is 40.7. The largest absolute Gasteiger partial charge is 0.466 e. The summed E-state index contributed by atoms with van der Waals surface area (Å²) in [4.78, 5) is 0. The minimum atomic E-state index is -0.285. The molecular weight excluding hydrogens is 285 g/mol. The molecule has 0 aromatic heterocycles. The summed E-state index contributed by atoms with van der Waals surface area (Å²) in [7, 11) is -0.185. The number of hydrogen-bond donors (Lipinski definition) is 1. The molecule has 2 bridgehead atoms. The Morgan fingerprint density at radius 2 is 1.43 bits per heavy atom. The van der Waals surface area contributed by atoms with Crippen molar-refractivity contribution in [1.29, 1.82) is 0 Å². The van der Waals surface area contributed by atoms with Crippen LogP contribution >= 0.6 is 0 Å². The maximum atomic E-state index is 6.88. The van der Waals surface area contributed by atoms with Gasteiger partial charge >= 0.3 is 7.12 Å². The van der Waals surface area contributed by atoms with Gasteiger partial charge in [0, 0.05) is 16.8 Å². The summed E-state index contributed by atoms with van der Waals surface area (Å²) >= 11 is 0. The number of hydrogen-bond acceptors (Lipinski definition) is 3. The van der Waals surface area contributed by atoms with Crippen molar-refractivity contribution >= 4 is 7.12 Å². The first-order valence-corrected chi connectivity index (χ1v) is 8.90. The van der Waals surface area contributed by atoms with Gasteiger partial charge in [0.25, 0.3) is 0 Å². The second-order valence-corrected chi connectivity index (χ2v) is 8.82. The molecule has 1 aliphatic heterocycles. The third-order valence-electron chi connectivity index (χ3n) is 7.36. The third kappa shape index (κ3) is 1.89. The van der Waals surface area contributed by atoms with Gasteiger partial charge in [0.1, 0.15) is 0 Å². The minimum absolute atomic E-state index is 0.0408. The van der Waals surface area contributed by atoms with E-state index >= 15 is 0 Å². The molecule has 0 amide bonds. The van der Waals surface area contributed by atoms with E-state index in [4.69, 9.17) is 15.0 Å². The Balaban J connectivity index is 1.68. The Morgan fingerprint density at radius 1 is 0.913 bits per heavy atom. The first-order valence-electron chi connectivity index (χ1n) is 8.90. The van der Waals surface area contributed by atoms with E-state index in [1.54, 1.807) is 0 Å². The molecule has 1 aromatic rings. The van der Waals surface area contributed by atoms with Gasteiger partial charge in [0.15, 0.2) is 0 Å². The lowest BCUT2D eigenvalue weighted by Crippen LogP contribution is -2.47. The van der Waals surface area contributed by atoms with Crippen LogP contribution in [-0.4, -0.2) is 24.4 Å². The Kier molecular flexibility index (Phi) is 3.15. The fraction of sp³-hybridized carbons (Fsp3) is 0.684. The van der Waals surface area contributed by atoms with Crippen molar-refractivity contribution in [3.8, 4) is 0 Å². The standard InChI is InChI=1S/C19H28BNO2/c1-16(2)17(3,4)23-20(22-16)19-12-10-18(11-13-19,15(19)21)14-8-6-5-7-9-14/h5-9,15H,10-13,21H2,1-4H3/t15-,18?,19?/m0/s1. The molecule has 3 aliphatic rings. The SMILES string of the molecule is CC1(C)OB(C23CCC(c4ccccc4)(CC2)[C@@H]3N)OC1(C)C. The summed E-state index contributed by atoms with van der Waals surface area (Å²) in [6.07, 6.45) is 4.48. The van der Waals surface area contributed by atoms with Crippen LogP contribution in [-0.2, 0) is 14.7 Å². The average molecular weight is 313 g/mol. The lowest BCUT2D eigenvalue weighted by molar-refractivity contribution is 0.00578. The van der Waals surface area contributed by atoms with Crippen molar-refractivity contribution in [2.24, 2.45) is 5.73 Å². The van der Waals surface area contributed by atoms with Gasteiger partial charge < -0.3 is 15.0 Å². The first-order chi connectivity index (χ1) is 10.7. The maximum Gasteiger partial charge on any atom is 0.466 e. The molecule has 1 atom stereocenters. The molecule has 0 unspecified atom stereocenters. The van der Waals surface area contributed by atoms with Crippen LogP contribution < -0.4 is 5.73 Å². The Bertz CT molecular complexity index is 589. The van der Waals surface area contributed by atoms with Gasteiger partial charge in [-0.05, 0) is 58.9 Å². The molecule has 2 saturated carbocycles. The monoisotopic (exact) mass is 313 g/mol. The molecule has 124 valence electrons. The lowest BCUT2D eigenvalue weighted by atomic mass is 9.54. The summed E-state index contributed by atoms with van der Waals surface area (Å²) in [5, 5.41) is -0.0408. The van der Waals surface area contributed by atoms with Crippen LogP contribution in [0, 0.1) is 0 Å². The van der Waals surface area contributed by atoms with Crippen LogP contribution in [0.5, 0.6) is 0 Å². The quantitative estimate of drug-likeness (QED) is 0.847. The van der Waals surface area contributed by atoms with Crippen LogP contribution in [0.4, 0.5) is 0 Å². The highest BCUT2D eigenvalue weighted by Crippen LogP contribution is 2.68. The zero-order valence-corrected chi connectivity index (χ0v) is 14.8. The van der Waals surface area contributed by atoms with Gasteiger partial charge in [-0.1, -0.05) is 30.3 Å². The van der Waals surface area contributed by atoms with Crippen molar-refractivity contribution in [1.82, 2.24) is 0 Å². The molecule has 1 saturated heterocycles. The Morgan fingerprint density at radius 3 is 1.96 bits per heavy atom. The maximum absolute atomic E-state index is 6.88. The number of benzene rings is 1. The minimum Gasteiger partial charge on any atom is -0.403 e. The van der Waals surface area contributed by atoms with E-state index in [0.717, 1.165) is 25.7 Å². The van der Waals surface area contributed by atoms with Crippen LogP contribution in [0.1, 0.15) is 58.9 Å².